The number of benzene rings is 5. The molecule has 5 aromatic carbocycles. The zero-order chi connectivity index (χ0) is 37.1. The summed E-state index contributed by atoms with van der Waals surface area (Å²) in [5.41, 5.74) is 12.0. The van der Waals surface area contributed by atoms with E-state index in [0.717, 1.165) is 51.1 Å². The normalized spacial score (nSPS) is 12.2. The summed E-state index contributed by atoms with van der Waals surface area (Å²) in [6.45, 7) is 6.95. The molecule has 3 aromatic heterocycles. The van der Waals surface area contributed by atoms with E-state index < -0.39 is 6.85 Å². The Bertz CT molecular complexity index is 2440. The van der Waals surface area contributed by atoms with Gasteiger partial charge in [-0.1, -0.05) is 135 Å². The minimum Gasteiger partial charge on any atom is -0.557 e. The zero-order valence-corrected chi connectivity index (χ0v) is 31.5. The van der Waals surface area contributed by atoms with Crippen LogP contribution >= 0.6 is 0 Å². The molecule has 8 rings (SSSR count). The van der Waals surface area contributed by atoms with Crippen molar-refractivity contribution in [1.82, 2.24) is 14.5 Å². The van der Waals surface area contributed by atoms with Crippen molar-refractivity contribution in [2.45, 2.75) is 52.8 Å². The fourth-order valence-corrected chi connectivity index (χ4v) is 6.43. The van der Waals surface area contributed by atoms with E-state index in [1.165, 1.54) is 34.1 Å². The number of hydrogen-bond donors (Lipinski definition) is 0. The number of hydrogen-bond acceptors (Lipinski definition) is 3. The topological polar surface area (TPSA) is 43.9 Å². The van der Waals surface area contributed by atoms with Crippen LogP contribution in [0.2, 0.25) is 0 Å². The summed E-state index contributed by atoms with van der Waals surface area (Å²) in [4.78, 5) is 9.29. The van der Waals surface area contributed by atoms with Crippen molar-refractivity contribution in [3.63, 3.8) is 0 Å². The Morgan fingerprint density at radius 3 is 2.20 bits per heavy atom. The third-order valence-electron chi connectivity index (χ3n) is 8.93. The van der Waals surface area contributed by atoms with Crippen molar-refractivity contribution in [2.75, 3.05) is 0 Å². The van der Waals surface area contributed by atoms with Crippen LogP contribution in [0, 0.1) is 19.2 Å². The first-order valence-electron chi connectivity index (χ1n) is 18.6. The average molecular weight is 847 g/mol. The summed E-state index contributed by atoms with van der Waals surface area (Å²) in [6.07, 6.45) is 5.49. The van der Waals surface area contributed by atoms with Gasteiger partial charge in [-0.25, -0.2) is 0 Å². The van der Waals surface area contributed by atoms with E-state index in [4.69, 9.17) is 13.5 Å². The Morgan fingerprint density at radius 2 is 1.51 bits per heavy atom. The largest absolute Gasteiger partial charge is 0.557 e. The molecule has 0 saturated heterocycles. The average Bonchev–Trinajstić information content (AvgIpc) is 3.76. The molecule has 257 valence electrons. The number of nitrogens with zero attached hydrogens (tertiary/aromatic N) is 3. The second-order valence-electron chi connectivity index (χ2n) is 13.1. The maximum atomic E-state index is 7.23. The SMILES string of the molecule is CC(C)c1cccc(C(C)C)c1-n1c(-c2[c-]oc3ccc(Cc4ccccc4)cc23)nc2ccccc21.[2H]C([2H])([2H])c1ccc(-c2[c-]cccc2)nc1.[Ir]. The number of furan rings is 1. The second kappa shape index (κ2) is 15.9. The minimum atomic E-state index is -2.09. The van der Waals surface area contributed by atoms with Crippen molar-refractivity contribution in [1.29, 1.82) is 0 Å². The molecule has 1 radical (unpaired) electrons. The van der Waals surface area contributed by atoms with Crippen molar-refractivity contribution >= 4 is 22.0 Å². The summed E-state index contributed by atoms with van der Waals surface area (Å²) in [6, 6.07) is 45.9. The van der Waals surface area contributed by atoms with Crippen LogP contribution in [0.15, 0.2) is 138 Å². The van der Waals surface area contributed by atoms with Crippen LogP contribution in [0.5, 0.6) is 0 Å². The van der Waals surface area contributed by atoms with Crippen LogP contribution in [-0.4, -0.2) is 14.5 Å². The predicted molar refractivity (Wildman–Crippen MR) is 206 cm³/mol. The number of para-hydroxylation sites is 3. The van der Waals surface area contributed by atoms with Gasteiger partial charge in [-0.05, 0) is 65.2 Å². The Morgan fingerprint density at radius 1 is 0.765 bits per heavy atom. The maximum Gasteiger partial charge on any atom is 0.0774 e. The van der Waals surface area contributed by atoms with Crippen LogP contribution in [0.25, 0.3) is 50.3 Å². The number of pyridine rings is 1. The van der Waals surface area contributed by atoms with Crippen molar-refractivity contribution < 1.29 is 28.6 Å². The maximum absolute atomic E-state index is 7.23. The third-order valence-corrected chi connectivity index (χ3v) is 8.93. The molecular weight excluding hydrogens is 803 g/mol. The number of aryl methyl sites for hydroxylation is 1. The van der Waals surface area contributed by atoms with Crippen LogP contribution < -0.4 is 0 Å². The fourth-order valence-electron chi connectivity index (χ4n) is 6.43. The van der Waals surface area contributed by atoms with Crippen molar-refractivity contribution in [3.05, 3.63) is 174 Å². The van der Waals surface area contributed by atoms with E-state index in [2.05, 4.69) is 141 Å². The van der Waals surface area contributed by atoms with Gasteiger partial charge in [0, 0.05) is 47.9 Å². The van der Waals surface area contributed by atoms with E-state index in [0.29, 0.717) is 11.8 Å². The Labute approximate surface area is 318 Å². The first-order chi connectivity index (χ1) is 25.6. The molecule has 0 spiro atoms. The molecule has 8 aromatic rings. The molecule has 0 atom stereocenters. The summed E-state index contributed by atoms with van der Waals surface area (Å²) in [5, 5.41) is 1.04. The van der Waals surface area contributed by atoms with E-state index in [1.54, 1.807) is 18.2 Å². The van der Waals surface area contributed by atoms with Gasteiger partial charge >= 0.3 is 0 Å². The van der Waals surface area contributed by atoms with Crippen molar-refractivity contribution in [3.8, 4) is 28.3 Å². The standard InChI is InChI=1S/C34H31N2O.C12H10N.Ir/c1-22(2)26-13-10-14-27(23(3)4)33(26)36-31-16-9-8-15-30(31)35-34(36)29-21-37-32-18-17-25(20-28(29)32)19-24-11-6-5-7-12-24;1-10-7-8-12(13-9-10)11-5-3-2-4-6-11;/h5-18,20,22-23H,19H2,1-4H3;2-5,7-9H,1H3;/q2*-1;/i;1D3;. The van der Waals surface area contributed by atoms with Crippen LogP contribution in [0.1, 0.15) is 71.5 Å². The van der Waals surface area contributed by atoms with Gasteiger partial charge < -0.3 is 14.0 Å². The minimum absolute atomic E-state index is 0. The summed E-state index contributed by atoms with van der Waals surface area (Å²) < 4.78 is 30.0. The van der Waals surface area contributed by atoms with Crippen LogP contribution in [-0.2, 0) is 26.5 Å². The van der Waals surface area contributed by atoms with Gasteiger partial charge in [0.25, 0.3) is 0 Å². The summed E-state index contributed by atoms with van der Waals surface area (Å²) in [5.74, 6) is 1.60. The number of aromatic nitrogens is 3. The number of rotatable bonds is 7. The van der Waals surface area contributed by atoms with Gasteiger partial charge in [0.05, 0.1) is 16.9 Å². The molecule has 0 aliphatic carbocycles. The molecule has 4 nitrogen and oxygen atoms in total. The smallest absolute Gasteiger partial charge is 0.0774 e. The van der Waals surface area contributed by atoms with E-state index in [-0.39, 0.29) is 25.7 Å². The first kappa shape index (κ1) is 31.9. The van der Waals surface area contributed by atoms with Crippen molar-refractivity contribution in [2.24, 2.45) is 0 Å². The van der Waals surface area contributed by atoms with E-state index in [1.807, 2.05) is 18.2 Å². The summed E-state index contributed by atoms with van der Waals surface area (Å²) >= 11 is 0. The number of fused-ring (bicyclic) bond motifs is 2. The van der Waals surface area contributed by atoms with Gasteiger partial charge in [-0.3, -0.25) is 4.98 Å². The van der Waals surface area contributed by atoms with Gasteiger partial charge in [0.15, 0.2) is 0 Å². The van der Waals surface area contributed by atoms with Crippen LogP contribution in [0.4, 0.5) is 0 Å². The molecular formula is C46H41IrN3O-2. The molecule has 0 aliphatic heterocycles. The molecule has 0 unspecified atom stereocenters. The molecule has 0 N–H and O–H groups in total. The Kier molecular flexibility index (Phi) is 9.90. The molecule has 0 saturated carbocycles. The van der Waals surface area contributed by atoms with Gasteiger partial charge in [0.2, 0.25) is 0 Å². The van der Waals surface area contributed by atoms with Gasteiger partial charge in [-0.2, -0.15) is 0 Å². The molecule has 0 amide bonds. The first-order valence-corrected chi connectivity index (χ1v) is 17.1. The molecule has 51 heavy (non-hydrogen) atoms. The molecule has 0 aliphatic rings. The molecule has 0 bridgehead atoms. The third kappa shape index (κ3) is 7.66. The molecule has 5 heteroatoms. The van der Waals surface area contributed by atoms with Gasteiger partial charge in [0.1, 0.15) is 0 Å². The van der Waals surface area contributed by atoms with Crippen LogP contribution in [0.3, 0.4) is 0 Å². The number of imidazole rings is 1. The molecule has 3 heterocycles. The predicted octanol–water partition coefficient (Wildman–Crippen LogP) is 11.9. The van der Waals surface area contributed by atoms with E-state index >= 15 is 0 Å². The second-order valence-corrected chi connectivity index (χ2v) is 13.1. The summed E-state index contributed by atoms with van der Waals surface area (Å²) in [7, 11) is 0. The quantitative estimate of drug-likeness (QED) is 0.150. The Balaban J connectivity index is 0.000000246. The van der Waals surface area contributed by atoms with Gasteiger partial charge in [-0.15, -0.1) is 35.9 Å². The fraction of sp³-hybridized carbons (Fsp3) is 0.174. The monoisotopic (exact) mass is 847 g/mol. The Hall–Kier alpha value is -5.09. The van der Waals surface area contributed by atoms with E-state index in [9.17, 15) is 0 Å². The molecule has 0 fully saturated rings. The zero-order valence-electron chi connectivity index (χ0n) is 32.1.